The Hall–Kier alpha value is -1.56. The van der Waals surface area contributed by atoms with Gasteiger partial charge in [0.15, 0.2) is 6.10 Å². The topological polar surface area (TPSA) is 75.6 Å². The van der Waals surface area contributed by atoms with Crippen molar-refractivity contribution in [3.63, 3.8) is 0 Å². The van der Waals surface area contributed by atoms with E-state index in [1.165, 1.54) is 0 Å². The third-order valence-corrected chi connectivity index (χ3v) is 3.78. The average molecular weight is 372 g/mol. The molecule has 122 valence electrons. The van der Waals surface area contributed by atoms with Crippen LogP contribution in [0.5, 0.6) is 5.75 Å². The van der Waals surface area contributed by atoms with Crippen LogP contribution in [0.4, 0.5) is 0 Å². The lowest BCUT2D eigenvalue weighted by atomic mass is 10.1. The molecule has 6 heteroatoms. The van der Waals surface area contributed by atoms with Crippen molar-refractivity contribution in [2.45, 2.75) is 45.1 Å². The van der Waals surface area contributed by atoms with Crippen LogP contribution in [0.15, 0.2) is 28.7 Å². The first-order valence-electron chi connectivity index (χ1n) is 7.41. The summed E-state index contributed by atoms with van der Waals surface area (Å²) >= 11 is 3.37. The Morgan fingerprint density at radius 1 is 1.23 bits per heavy atom. The molecule has 0 aliphatic carbocycles. The molecule has 1 atom stereocenters. The molecule has 1 unspecified atom stereocenters. The number of ether oxygens (including phenoxy) is 1. The van der Waals surface area contributed by atoms with E-state index < -0.39 is 12.1 Å². The highest BCUT2D eigenvalue weighted by molar-refractivity contribution is 9.10. The van der Waals surface area contributed by atoms with E-state index in [1.54, 1.807) is 13.0 Å². The fourth-order valence-electron chi connectivity index (χ4n) is 1.89. The zero-order valence-electron chi connectivity index (χ0n) is 12.7. The van der Waals surface area contributed by atoms with Gasteiger partial charge in [-0.1, -0.05) is 25.0 Å². The molecular weight excluding hydrogens is 350 g/mol. The molecule has 1 aromatic rings. The summed E-state index contributed by atoms with van der Waals surface area (Å²) in [5, 5.41) is 11.3. The maximum atomic E-state index is 11.9. The second-order valence-corrected chi connectivity index (χ2v) is 5.89. The van der Waals surface area contributed by atoms with E-state index >= 15 is 0 Å². The molecule has 1 amide bonds. The summed E-state index contributed by atoms with van der Waals surface area (Å²) in [6.07, 6.45) is 2.95. The number of carboxylic acids is 1. The minimum absolute atomic E-state index is 0.152. The van der Waals surface area contributed by atoms with Gasteiger partial charge in [0.2, 0.25) is 0 Å². The summed E-state index contributed by atoms with van der Waals surface area (Å²) in [6.45, 7) is 2.29. The molecule has 22 heavy (non-hydrogen) atoms. The summed E-state index contributed by atoms with van der Waals surface area (Å²) in [5.74, 6) is -0.272. The number of aliphatic carboxylic acids is 1. The van der Waals surface area contributed by atoms with Crippen LogP contribution in [0.3, 0.4) is 0 Å². The SMILES string of the molecule is CC(Oc1ccccc1Br)C(=O)NCCCCCCC(=O)O. The monoisotopic (exact) mass is 371 g/mol. The van der Waals surface area contributed by atoms with Crippen molar-refractivity contribution >= 4 is 27.8 Å². The highest BCUT2D eigenvalue weighted by Gasteiger charge is 2.14. The van der Waals surface area contributed by atoms with Crippen molar-refractivity contribution in [3.05, 3.63) is 28.7 Å². The molecule has 5 nitrogen and oxygen atoms in total. The van der Waals surface area contributed by atoms with Crippen LogP contribution < -0.4 is 10.1 Å². The maximum absolute atomic E-state index is 11.9. The Morgan fingerprint density at radius 3 is 2.59 bits per heavy atom. The predicted molar refractivity (Wildman–Crippen MR) is 88.0 cm³/mol. The Kier molecular flexibility index (Phi) is 8.58. The molecule has 0 radical (unpaired) electrons. The average Bonchev–Trinajstić information content (AvgIpc) is 2.48. The number of carboxylic acid groups (broad SMARTS) is 1. The van der Waals surface area contributed by atoms with Crippen molar-refractivity contribution < 1.29 is 19.4 Å². The van der Waals surface area contributed by atoms with Crippen LogP contribution in [-0.2, 0) is 9.59 Å². The Labute approximate surface area is 139 Å². The number of unbranched alkanes of at least 4 members (excludes halogenated alkanes) is 3. The van der Waals surface area contributed by atoms with E-state index in [0.717, 1.165) is 23.7 Å². The second kappa shape index (κ2) is 10.2. The van der Waals surface area contributed by atoms with Crippen molar-refractivity contribution in [2.24, 2.45) is 0 Å². The zero-order valence-corrected chi connectivity index (χ0v) is 14.3. The minimum atomic E-state index is -0.758. The molecular formula is C16H22BrNO4. The molecule has 2 N–H and O–H groups in total. The van der Waals surface area contributed by atoms with E-state index in [1.807, 2.05) is 18.2 Å². The first-order chi connectivity index (χ1) is 10.5. The smallest absolute Gasteiger partial charge is 0.303 e. The number of rotatable bonds is 10. The minimum Gasteiger partial charge on any atom is -0.481 e. The van der Waals surface area contributed by atoms with Gasteiger partial charge in [-0.05, 0) is 47.8 Å². The van der Waals surface area contributed by atoms with Gasteiger partial charge in [0, 0.05) is 13.0 Å². The van der Waals surface area contributed by atoms with Gasteiger partial charge in [-0.3, -0.25) is 9.59 Å². The molecule has 0 heterocycles. The van der Waals surface area contributed by atoms with Crippen molar-refractivity contribution in [1.82, 2.24) is 5.32 Å². The molecule has 0 aliphatic rings. The summed E-state index contributed by atoms with van der Waals surface area (Å²) in [4.78, 5) is 22.3. The number of halogens is 1. The highest BCUT2D eigenvalue weighted by Crippen LogP contribution is 2.24. The third-order valence-electron chi connectivity index (χ3n) is 3.13. The van der Waals surface area contributed by atoms with Gasteiger partial charge in [0.1, 0.15) is 5.75 Å². The third kappa shape index (κ3) is 7.45. The van der Waals surface area contributed by atoms with Crippen molar-refractivity contribution in [3.8, 4) is 5.75 Å². The Morgan fingerprint density at radius 2 is 1.91 bits per heavy atom. The van der Waals surface area contributed by atoms with E-state index in [0.29, 0.717) is 18.7 Å². The number of hydrogen-bond acceptors (Lipinski definition) is 3. The fraction of sp³-hybridized carbons (Fsp3) is 0.500. The lowest BCUT2D eigenvalue weighted by molar-refractivity contribution is -0.137. The van der Waals surface area contributed by atoms with Gasteiger partial charge in [-0.25, -0.2) is 0 Å². The quantitative estimate of drug-likeness (QED) is 0.618. The summed E-state index contributed by atoms with van der Waals surface area (Å²) < 4.78 is 6.42. The molecule has 0 fully saturated rings. The maximum Gasteiger partial charge on any atom is 0.303 e. The van der Waals surface area contributed by atoms with E-state index in [-0.39, 0.29) is 12.3 Å². The van der Waals surface area contributed by atoms with Crippen molar-refractivity contribution in [2.75, 3.05) is 6.54 Å². The first-order valence-corrected chi connectivity index (χ1v) is 8.20. The van der Waals surface area contributed by atoms with E-state index in [2.05, 4.69) is 21.2 Å². The van der Waals surface area contributed by atoms with Gasteiger partial charge in [0.05, 0.1) is 4.47 Å². The number of amides is 1. The molecule has 0 aromatic heterocycles. The van der Waals surface area contributed by atoms with Crippen molar-refractivity contribution in [1.29, 1.82) is 0 Å². The molecule has 0 aliphatic heterocycles. The molecule has 0 saturated heterocycles. The number of para-hydroxylation sites is 1. The number of carbonyl (C=O) groups excluding carboxylic acids is 1. The number of carbonyl (C=O) groups is 2. The van der Waals surface area contributed by atoms with Crippen LogP contribution in [0.25, 0.3) is 0 Å². The summed E-state index contributed by atoms with van der Waals surface area (Å²) in [7, 11) is 0. The number of benzene rings is 1. The van der Waals surface area contributed by atoms with Crippen LogP contribution in [-0.4, -0.2) is 29.6 Å². The number of hydrogen-bond donors (Lipinski definition) is 2. The standard InChI is InChI=1S/C16H22BrNO4/c1-12(22-14-9-6-5-8-13(14)17)16(21)18-11-7-3-2-4-10-15(19)20/h5-6,8-9,12H,2-4,7,10-11H2,1H3,(H,18,21)(H,19,20). The van der Waals surface area contributed by atoms with Crippen LogP contribution >= 0.6 is 15.9 Å². The molecule has 1 aromatic carbocycles. The lowest BCUT2D eigenvalue weighted by Gasteiger charge is -2.15. The first kappa shape index (κ1) is 18.5. The number of nitrogens with one attached hydrogen (secondary N) is 1. The molecule has 0 bridgehead atoms. The Bertz CT molecular complexity index is 493. The largest absolute Gasteiger partial charge is 0.481 e. The van der Waals surface area contributed by atoms with E-state index in [4.69, 9.17) is 9.84 Å². The molecule has 0 saturated carbocycles. The molecule has 1 rings (SSSR count). The van der Waals surface area contributed by atoms with Gasteiger partial charge in [-0.2, -0.15) is 0 Å². The van der Waals surface area contributed by atoms with Crippen LogP contribution in [0.2, 0.25) is 0 Å². The fourth-order valence-corrected chi connectivity index (χ4v) is 2.27. The lowest BCUT2D eigenvalue weighted by Crippen LogP contribution is -2.36. The van der Waals surface area contributed by atoms with Gasteiger partial charge < -0.3 is 15.2 Å². The second-order valence-electron chi connectivity index (χ2n) is 5.04. The zero-order chi connectivity index (χ0) is 16.4. The Balaban J connectivity index is 2.17. The molecule has 0 spiro atoms. The van der Waals surface area contributed by atoms with Gasteiger partial charge in [-0.15, -0.1) is 0 Å². The summed E-state index contributed by atoms with van der Waals surface area (Å²) in [5.41, 5.74) is 0. The summed E-state index contributed by atoms with van der Waals surface area (Å²) in [6, 6.07) is 7.39. The van der Waals surface area contributed by atoms with Gasteiger partial charge >= 0.3 is 5.97 Å². The van der Waals surface area contributed by atoms with Gasteiger partial charge in [0.25, 0.3) is 5.91 Å². The van der Waals surface area contributed by atoms with Crippen LogP contribution in [0, 0.1) is 0 Å². The normalized spacial score (nSPS) is 11.7. The van der Waals surface area contributed by atoms with E-state index in [9.17, 15) is 9.59 Å². The predicted octanol–water partition coefficient (Wildman–Crippen LogP) is 3.37. The highest BCUT2D eigenvalue weighted by atomic mass is 79.9. The van der Waals surface area contributed by atoms with Crippen LogP contribution in [0.1, 0.15) is 39.0 Å².